The fraction of sp³-hybridized carbons (Fsp3) is 0.158. The number of nitrogens with one attached hydrogen (secondary N) is 3. The monoisotopic (exact) mass is 339 g/mol. The van der Waals surface area contributed by atoms with E-state index in [1.54, 1.807) is 49.6 Å². The molecule has 2 rings (SSSR count). The summed E-state index contributed by atoms with van der Waals surface area (Å²) in [5.41, 5.74) is 2.72. The molecule has 0 aliphatic rings. The summed E-state index contributed by atoms with van der Waals surface area (Å²) in [6.07, 6.45) is 1.60. The number of carbonyl (C=O) groups excluding carboxylic acids is 2. The fourth-order valence-corrected chi connectivity index (χ4v) is 2.14. The van der Waals surface area contributed by atoms with E-state index in [9.17, 15) is 9.59 Å². The average Bonchev–Trinajstić information content (AvgIpc) is 2.62. The first-order chi connectivity index (χ1) is 12.0. The van der Waals surface area contributed by atoms with E-state index >= 15 is 0 Å². The molecule has 2 aromatic rings. The molecule has 25 heavy (non-hydrogen) atoms. The summed E-state index contributed by atoms with van der Waals surface area (Å²) in [6.45, 7) is 5.83. The predicted octanol–water partition coefficient (Wildman–Crippen LogP) is 3.56. The van der Waals surface area contributed by atoms with Crippen molar-refractivity contribution in [2.45, 2.75) is 6.92 Å². The first-order valence-electron chi connectivity index (χ1n) is 7.75. The van der Waals surface area contributed by atoms with Gasteiger partial charge in [-0.15, -0.1) is 6.58 Å². The summed E-state index contributed by atoms with van der Waals surface area (Å²) in [5.74, 6) is 0.431. The van der Waals surface area contributed by atoms with Crippen molar-refractivity contribution >= 4 is 23.3 Å². The molecule has 3 amide bonds. The number of amides is 3. The maximum atomic E-state index is 12.3. The van der Waals surface area contributed by atoms with Crippen LogP contribution in [0.25, 0.3) is 0 Å². The average molecular weight is 339 g/mol. The second kappa shape index (κ2) is 8.54. The van der Waals surface area contributed by atoms with Crippen LogP contribution in [0.3, 0.4) is 0 Å². The molecule has 0 heterocycles. The lowest BCUT2D eigenvalue weighted by Gasteiger charge is -2.10. The smallest absolute Gasteiger partial charge is 0.319 e. The second-order valence-electron chi connectivity index (χ2n) is 5.34. The van der Waals surface area contributed by atoms with Crippen LogP contribution >= 0.6 is 0 Å². The van der Waals surface area contributed by atoms with Gasteiger partial charge < -0.3 is 20.7 Å². The number of hydrogen-bond acceptors (Lipinski definition) is 3. The van der Waals surface area contributed by atoms with Gasteiger partial charge in [0.2, 0.25) is 0 Å². The molecule has 0 atom stereocenters. The van der Waals surface area contributed by atoms with Crippen molar-refractivity contribution in [1.29, 1.82) is 0 Å². The van der Waals surface area contributed by atoms with E-state index in [1.807, 2.05) is 13.0 Å². The zero-order valence-corrected chi connectivity index (χ0v) is 14.3. The van der Waals surface area contributed by atoms with Gasteiger partial charge in [0.05, 0.1) is 7.11 Å². The number of carbonyl (C=O) groups is 2. The lowest BCUT2D eigenvalue weighted by Crippen LogP contribution is -2.28. The van der Waals surface area contributed by atoms with Crippen LogP contribution < -0.4 is 20.7 Å². The number of rotatable bonds is 6. The lowest BCUT2D eigenvalue weighted by molar-refractivity contribution is 0.102. The number of anilines is 2. The molecule has 0 saturated carbocycles. The highest BCUT2D eigenvalue weighted by molar-refractivity contribution is 6.04. The molecular weight excluding hydrogens is 318 g/mol. The Morgan fingerprint density at radius 2 is 1.72 bits per heavy atom. The number of ether oxygens (including phenoxy) is 1. The Balaban J connectivity index is 1.99. The van der Waals surface area contributed by atoms with Crippen molar-refractivity contribution in [3.05, 3.63) is 66.2 Å². The highest BCUT2D eigenvalue weighted by Crippen LogP contribution is 2.20. The molecule has 0 aliphatic carbocycles. The summed E-state index contributed by atoms with van der Waals surface area (Å²) >= 11 is 0. The van der Waals surface area contributed by atoms with Gasteiger partial charge in [0, 0.05) is 23.5 Å². The van der Waals surface area contributed by atoms with Gasteiger partial charge in [0.15, 0.2) is 0 Å². The van der Waals surface area contributed by atoms with E-state index < -0.39 is 0 Å². The van der Waals surface area contributed by atoms with Crippen LogP contribution in [0.5, 0.6) is 5.75 Å². The van der Waals surface area contributed by atoms with E-state index in [1.165, 1.54) is 0 Å². The fourth-order valence-electron chi connectivity index (χ4n) is 2.14. The molecule has 0 bridgehead atoms. The minimum Gasteiger partial charge on any atom is -0.496 e. The van der Waals surface area contributed by atoms with Gasteiger partial charge in [-0.3, -0.25) is 4.79 Å². The molecule has 2 aromatic carbocycles. The normalized spacial score (nSPS) is 9.84. The lowest BCUT2D eigenvalue weighted by atomic mass is 10.1. The molecule has 0 aromatic heterocycles. The van der Waals surface area contributed by atoms with Gasteiger partial charge in [-0.05, 0) is 48.9 Å². The van der Waals surface area contributed by atoms with Crippen LogP contribution in [-0.2, 0) is 0 Å². The molecule has 130 valence electrons. The molecule has 0 radical (unpaired) electrons. The van der Waals surface area contributed by atoms with Crippen LogP contribution in [0.15, 0.2) is 55.1 Å². The number of hydrogen-bond donors (Lipinski definition) is 3. The van der Waals surface area contributed by atoms with Gasteiger partial charge in [-0.1, -0.05) is 12.1 Å². The largest absolute Gasteiger partial charge is 0.496 e. The minimum absolute atomic E-state index is 0.234. The third kappa shape index (κ3) is 5.10. The van der Waals surface area contributed by atoms with Gasteiger partial charge in [0.1, 0.15) is 5.75 Å². The number of aryl methyl sites for hydroxylation is 1. The molecule has 0 spiro atoms. The molecular formula is C19H21N3O3. The van der Waals surface area contributed by atoms with Gasteiger partial charge >= 0.3 is 6.03 Å². The molecule has 6 nitrogen and oxygen atoms in total. The van der Waals surface area contributed by atoms with Crippen LogP contribution in [0, 0.1) is 6.92 Å². The number of urea groups is 1. The van der Waals surface area contributed by atoms with E-state index in [2.05, 4.69) is 22.5 Å². The molecule has 3 N–H and O–H groups in total. The standard InChI is InChI=1S/C19H21N3O3/c1-4-11-20-19(24)22-16-9-7-15(8-10-16)21-18(23)14-6-5-13(2)17(12-14)25-3/h4-10,12H,1,11H2,2-3H3,(H,21,23)(H2,20,22,24). The highest BCUT2D eigenvalue weighted by Gasteiger charge is 2.09. The summed E-state index contributed by atoms with van der Waals surface area (Å²) < 4.78 is 5.23. The first kappa shape index (κ1) is 18.1. The van der Waals surface area contributed by atoms with E-state index in [0.717, 1.165) is 5.56 Å². The first-order valence-corrected chi connectivity index (χ1v) is 7.75. The Morgan fingerprint density at radius 1 is 1.08 bits per heavy atom. The van der Waals surface area contributed by atoms with Crippen molar-refractivity contribution in [3.8, 4) is 5.75 Å². The van der Waals surface area contributed by atoms with Crippen molar-refractivity contribution < 1.29 is 14.3 Å². The summed E-state index contributed by atoms with van der Waals surface area (Å²) in [4.78, 5) is 23.9. The predicted molar refractivity (Wildman–Crippen MR) is 99.3 cm³/mol. The van der Waals surface area contributed by atoms with Crippen molar-refractivity contribution in [2.75, 3.05) is 24.3 Å². The number of benzene rings is 2. The Kier molecular flexibility index (Phi) is 6.17. The van der Waals surface area contributed by atoms with Crippen molar-refractivity contribution in [2.24, 2.45) is 0 Å². The summed E-state index contributed by atoms with van der Waals surface area (Å²) in [5, 5.41) is 8.11. The van der Waals surface area contributed by atoms with E-state index in [-0.39, 0.29) is 11.9 Å². The van der Waals surface area contributed by atoms with Crippen LogP contribution in [0.2, 0.25) is 0 Å². The maximum Gasteiger partial charge on any atom is 0.319 e. The SMILES string of the molecule is C=CCNC(=O)Nc1ccc(NC(=O)c2ccc(C)c(OC)c2)cc1. The zero-order chi connectivity index (χ0) is 18.2. The zero-order valence-electron chi connectivity index (χ0n) is 14.3. The van der Waals surface area contributed by atoms with E-state index in [4.69, 9.17) is 4.74 Å². The maximum absolute atomic E-state index is 12.3. The van der Waals surface area contributed by atoms with Crippen LogP contribution in [-0.4, -0.2) is 25.6 Å². The van der Waals surface area contributed by atoms with Gasteiger partial charge in [-0.25, -0.2) is 4.79 Å². The van der Waals surface area contributed by atoms with Crippen LogP contribution in [0.1, 0.15) is 15.9 Å². The molecule has 0 saturated heterocycles. The molecule has 0 aliphatic heterocycles. The Labute approximate surface area is 146 Å². The van der Waals surface area contributed by atoms with Crippen molar-refractivity contribution in [3.63, 3.8) is 0 Å². The minimum atomic E-state index is -0.316. The molecule has 6 heteroatoms. The van der Waals surface area contributed by atoms with Gasteiger partial charge in [0.25, 0.3) is 5.91 Å². The Hall–Kier alpha value is -3.28. The van der Waals surface area contributed by atoms with Crippen molar-refractivity contribution in [1.82, 2.24) is 5.32 Å². The summed E-state index contributed by atoms with van der Waals surface area (Å²) in [7, 11) is 1.57. The number of methoxy groups -OCH3 is 1. The Bertz CT molecular complexity index is 770. The highest BCUT2D eigenvalue weighted by atomic mass is 16.5. The topological polar surface area (TPSA) is 79.5 Å². The van der Waals surface area contributed by atoms with Crippen LogP contribution in [0.4, 0.5) is 16.2 Å². The van der Waals surface area contributed by atoms with Gasteiger partial charge in [-0.2, -0.15) is 0 Å². The second-order valence-corrected chi connectivity index (χ2v) is 5.34. The third-order valence-electron chi connectivity index (χ3n) is 3.48. The summed E-state index contributed by atoms with van der Waals surface area (Å²) in [6, 6.07) is 11.8. The Morgan fingerprint density at radius 3 is 2.32 bits per heavy atom. The van der Waals surface area contributed by atoms with E-state index in [0.29, 0.717) is 29.2 Å². The third-order valence-corrected chi connectivity index (χ3v) is 3.48. The molecule has 0 unspecified atom stereocenters. The molecule has 0 fully saturated rings. The quantitative estimate of drug-likeness (QED) is 0.704.